The number of hydrogen-bond donors (Lipinski definition) is 0. The fraction of sp³-hybridized carbons (Fsp3) is 0.250. The number of benzene rings is 2. The van der Waals surface area contributed by atoms with Gasteiger partial charge in [0.05, 0.1) is 10.0 Å². The van der Waals surface area contributed by atoms with E-state index in [0.29, 0.717) is 33.2 Å². The maximum atomic E-state index is 6.32. The Morgan fingerprint density at radius 3 is 2.00 bits per heavy atom. The van der Waals surface area contributed by atoms with E-state index in [1.807, 2.05) is 36.4 Å². The summed E-state index contributed by atoms with van der Waals surface area (Å²) >= 11 is 30.9. The molecule has 0 aromatic heterocycles. The van der Waals surface area contributed by atoms with Gasteiger partial charge in [0.25, 0.3) is 0 Å². The lowest BCUT2D eigenvalue weighted by Crippen LogP contribution is -2.33. The normalized spacial score (nSPS) is 11.7. The van der Waals surface area contributed by atoms with Gasteiger partial charge < -0.3 is 0 Å². The summed E-state index contributed by atoms with van der Waals surface area (Å²) in [6, 6.07) is 13.2. The second-order valence-electron chi connectivity index (χ2n) is 4.95. The van der Waals surface area contributed by atoms with Crippen LogP contribution in [0.3, 0.4) is 0 Å². The first-order chi connectivity index (χ1) is 10.0. The second kappa shape index (κ2) is 7.44. The van der Waals surface area contributed by atoms with Gasteiger partial charge in [0.15, 0.2) is 0 Å². The van der Waals surface area contributed by atoms with Crippen LogP contribution in [0.15, 0.2) is 42.5 Å². The van der Waals surface area contributed by atoms with Gasteiger partial charge in [0.1, 0.15) is 0 Å². The van der Waals surface area contributed by atoms with E-state index in [2.05, 4.69) is 0 Å². The summed E-state index contributed by atoms with van der Waals surface area (Å²) < 4.78 is 0. The van der Waals surface area contributed by atoms with Crippen LogP contribution in [-0.4, -0.2) is 11.8 Å². The molecule has 0 bridgehead atoms. The van der Waals surface area contributed by atoms with Crippen molar-refractivity contribution >= 4 is 58.0 Å². The van der Waals surface area contributed by atoms with Gasteiger partial charge in [-0.05, 0) is 35.7 Å². The molecule has 0 saturated carbocycles. The molecule has 0 amide bonds. The Kier molecular flexibility index (Phi) is 6.11. The third kappa shape index (κ3) is 3.81. The average Bonchev–Trinajstić information content (AvgIpc) is 2.49. The van der Waals surface area contributed by atoms with Gasteiger partial charge in [-0.15, -0.1) is 23.2 Å². The molecule has 0 unspecified atom stereocenters. The zero-order chi connectivity index (χ0) is 15.5. The van der Waals surface area contributed by atoms with E-state index >= 15 is 0 Å². The first kappa shape index (κ1) is 17.2. The Balaban J connectivity index is 2.43. The quantitative estimate of drug-likeness (QED) is 0.511. The molecule has 0 radical (unpaired) electrons. The number of halogens is 5. The molecule has 0 heterocycles. The van der Waals surface area contributed by atoms with E-state index in [9.17, 15) is 0 Å². The van der Waals surface area contributed by atoms with Crippen molar-refractivity contribution in [1.29, 1.82) is 0 Å². The van der Waals surface area contributed by atoms with Gasteiger partial charge >= 0.3 is 0 Å². The predicted molar refractivity (Wildman–Crippen MR) is 94.7 cm³/mol. The van der Waals surface area contributed by atoms with Gasteiger partial charge in [0.2, 0.25) is 0 Å². The smallest absolute Gasteiger partial charge is 0.0595 e. The van der Waals surface area contributed by atoms with Crippen molar-refractivity contribution in [2.24, 2.45) is 0 Å². The molecule has 0 aliphatic carbocycles. The molecule has 112 valence electrons. The predicted octanol–water partition coefficient (Wildman–Crippen LogP) is 6.60. The second-order valence-corrected chi connectivity index (χ2v) is 6.71. The fourth-order valence-corrected chi connectivity index (χ4v) is 3.72. The maximum Gasteiger partial charge on any atom is 0.0595 e. The van der Waals surface area contributed by atoms with Crippen molar-refractivity contribution in [1.82, 2.24) is 0 Å². The van der Waals surface area contributed by atoms with E-state index in [4.69, 9.17) is 58.0 Å². The van der Waals surface area contributed by atoms with Gasteiger partial charge in [-0.25, -0.2) is 0 Å². The zero-order valence-electron chi connectivity index (χ0n) is 11.1. The highest BCUT2D eigenvalue weighted by Crippen LogP contribution is 2.37. The Hall–Kier alpha value is -0.110. The highest BCUT2D eigenvalue weighted by Gasteiger charge is 2.33. The molecule has 2 aromatic carbocycles. The number of alkyl halides is 2. The van der Waals surface area contributed by atoms with Crippen LogP contribution in [0, 0.1) is 0 Å². The summed E-state index contributed by atoms with van der Waals surface area (Å²) in [7, 11) is 0. The molecule has 0 N–H and O–H groups in total. The Morgan fingerprint density at radius 2 is 1.43 bits per heavy atom. The molecule has 5 heteroatoms. The van der Waals surface area contributed by atoms with Crippen molar-refractivity contribution in [3.8, 4) is 0 Å². The van der Waals surface area contributed by atoms with E-state index in [0.717, 1.165) is 11.1 Å². The van der Waals surface area contributed by atoms with Crippen LogP contribution in [0.1, 0.15) is 11.1 Å². The highest BCUT2D eigenvalue weighted by atomic mass is 35.5. The largest absolute Gasteiger partial charge is 0.126 e. The molecular formula is C16H13Cl5. The third-order valence-corrected chi connectivity index (χ3v) is 5.58. The topological polar surface area (TPSA) is 0 Å². The average molecular weight is 383 g/mol. The standard InChI is InChI=1S/C16H13Cl5/c17-9-16(10-18,12-3-1-2-4-13(12)19)8-11-5-6-14(20)15(21)7-11/h1-7H,8-10H2. The SMILES string of the molecule is ClCC(CCl)(Cc1ccc(Cl)c(Cl)c1)c1ccccc1Cl. The van der Waals surface area contributed by atoms with Crippen molar-refractivity contribution in [3.63, 3.8) is 0 Å². The lowest BCUT2D eigenvalue weighted by atomic mass is 9.78. The fourth-order valence-electron chi connectivity index (χ4n) is 2.30. The highest BCUT2D eigenvalue weighted by molar-refractivity contribution is 6.42. The van der Waals surface area contributed by atoms with Crippen molar-refractivity contribution in [2.75, 3.05) is 11.8 Å². The molecule has 0 aliphatic heterocycles. The molecule has 0 fully saturated rings. The first-order valence-corrected chi connectivity index (χ1v) is 8.53. The minimum atomic E-state index is -0.446. The van der Waals surface area contributed by atoms with Crippen LogP contribution >= 0.6 is 58.0 Å². The van der Waals surface area contributed by atoms with Crippen LogP contribution in [0.5, 0.6) is 0 Å². The Morgan fingerprint density at radius 1 is 0.762 bits per heavy atom. The van der Waals surface area contributed by atoms with E-state index in [1.165, 1.54) is 0 Å². The molecule has 21 heavy (non-hydrogen) atoms. The molecule has 0 atom stereocenters. The van der Waals surface area contributed by atoms with Crippen LogP contribution in [0.4, 0.5) is 0 Å². The summed E-state index contributed by atoms with van der Waals surface area (Å²) in [5.41, 5.74) is 1.52. The summed E-state index contributed by atoms with van der Waals surface area (Å²) in [5, 5.41) is 1.71. The number of rotatable bonds is 5. The molecule has 0 spiro atoms. The van der Waals surface area contributed by atoms with Gasteiger partial charge in [0, 0.05) is 22.2 Å². The molecule has 0 aliphatic rings. The van der Waals surface area contributed by atoms with Crippen molar-refractivity contribution < 1.29 is 0 Å². The van der Waals surface area contributed by atoms with E-state index < -0.39 is 5.41 Å². The molecule has 2 rings (SSSR count). The maximum absolute atomic E-state index is 6.32. The van der Waals surface area contributed by atoms with Crippen LogP contribution in [0.25, 0.3) is 0 Å². The summed E-state index contributed by atoms with van der Waals surface area (Å²) in [6.45, 7) is 0. The monoisotopic (exact) mass is 380 g/mol. The Labute approximate surface area is 149 Å². The van der Waals surface area contributed by atoms with Crippen LogP contribution in [0.2, 0.25) is 15.1 Å². The van der Waals surface area contributed by atoms with Gasteiger partial charge in [-0.3, -0.25) is 0 Å². The number of hydrogen-bond acceptors (Lipinski definition) is 0. The summed E-state index contributed by atoms with van der Waals surface area (Å²) in [6.07, 6.45) is 0.640. The molecular weight excluding hydrogens is 369 g/mol. The lowest BCUT2D eigenvalue weighted by Gasteiger charge is -2.31. The third-order valence-electron chi connectivity index (χ3n) is 3.48. The zero-order valence-corrected chi connectivity index (χ0v) is 14.8. The molecule has 2 aromatic rings. The lowest BCUT2D eigenvalue weighted by molar-refractivity contribution is 0.536. The van der Waals surface area contributed by atoms with Crippen LogP contribution in [-0.2, 0) is 11.8 Å². The summed E-state index contributed by atoms with van der Waals surface area (Å²) in [5.74, 6) is 0.723. The Bertz CT molecular complexity index is 620. The summed E-state index contributed by atoms with van der Waals surface area (Å²) in [4.78, 5) is 0. The molecule has 0 saturated heterocycles. The minimum Gasteiger partial charge on any atom is -0.126 e. The van der Waals surface area contributed by atoms with E-state index in [1.54, 1.807) is 6.07 Å². The molecule has 0 nitrogen and oxygen atoms in total. The first-order valence-electron chi connectivity index (χ1n) is 6.33. The van der Waals surface area contributed by atoms with E-state index in [-0.39, 0.29) is 0 Å². The van der Waals surface area contributed by atoms with Crippen LogP contribution < -0.4 is 0 Å². The van der Waals surface area contributed by atoms with Crippen molar-refractivity contribution in [3.05, 3.63) is 68.7 Å². The van der Waals surface area contributed by atoms with Gasteiger partial charge in [-0.2, -0.15) is 0 Å². The van der Waals surface area contributed by atoms with Crippen molar-refractivity contribution in [2.45, 2.75) is 11.8 Å². The van der Waals surface area contributed by atoms with Gasteiger partial charge in [-0.1, -0.05) is 59.1 Å². The minimum absolute atomic E-state index is 0.362.